The number of ether oxygens (including phenoxy) is 2. The molecular formula is C15H30O3. The second-order valence-corrected chi connectivity index (χ2v) is 7.05. The van der Waals surface area contributed by atoms with E-state index in [2.05, 4.69) is 41.5 Å². The van der Waals surface area contributed by atoms with E-state index >= 15 is 0 Å². The van der Waals surface area contributed by atoms with E-state index in [1.54, 1.807) is 0 Å². The summed E-state index contributed by atoms with van der Waals surface area (Å²) in [5, 5.41) is 0. The third kappa shape index (κ3) is 7.70. The first-order valence-electron chi connectivity index (χ1n) is 6.82. The van der Waals surface area contributed by atoms with Gasteiger partial charge in [-0.05, 0) is 24.2 Å². The zero-order valence-corrected chi connectivity index (χ0v) is 13.1. The lowest BCUT2D eigenvalue weighted by Gasteiger charge is -2.33. The molecule has 0 heterocycles. The van der Waals surface area contributed by atoms with E-state index < -0.39 is 0 Å². The second kappa shape index (κ2) is 7.13. The summed E-state index contributed by atoms with van der Waals surface area (Å²) in [6, 6.07) is 0. The van der Waals surface area contributed by atoms with Crippen molar-refractivity contribution in [1.29, 1.82) is 0 Å². The van der Waals surface area contributed by atoms with Crippen molar-refractivity contribution in [1.82, 2.24) is 0 Å². The molecule has 3 heteroatoms. The third-order valence-corrected chi connectivity index (χ3v) is 2.82. The van der Waals surface area contributed by atoms with Crippen molar-refractivity contribution in [3.05, 3.63) is 0 Å². The first-order valence-corrected chi connectivity index (χ1v) is 6.82. The molecule has 0 aliphatic carbocycles. The van der Waals surface area contributed by atoms with Gasteiger partial charge in [-0.25, -0.2) is 0 Å². The molecule has 0 aliphatic rings. The molecule has 0 aromatic heterocycles. The van der Waals surface area contributed by atoms with Crippen molar-refractivity contribution >= 4 is 5.97 Å². The highest BCUT2D eigenvalue weighted by molar-refractivity contribution is 5.73. The molecule has 0 radical (unpaired) electrons. The fraction of sp³-hybridized carbons (Fsp3) is 0.933. The molecule has 0 amide bonds. The average Bonchev–Trinajstić information content (AvgIpc) is 2.18. The second-order valence-electron chi connectivity index (χ2n) is 7.05. The van der Waals surface area contributed by atoms with Gasteiger partial charge in [-0.3, -0.25) is 4.79 Å². The first-order chi connectivity index (χ1) is 8.08. The molecule has 18 heavy (non-hydrogen) atoms. The SMILES string of the molecule is CCOCCOC(=O)C(CC(C)(C)C)C(C)(C)C. The molecule has 0 rings (SSSR count). The first kappa shape index (κ1) is 17.4. The van der Waals surface area contributed by atoms with Gasteiger partial charge in [0, 0.05) is 6.61 Å². The Balaban J connectivity index is 4.43. The highest BCUT2D eigenvalue weighted by Crippen LogP contribution is 2.36. The van der Waals surface area contributed by atoms with Gasteiger partial charge < -0.3 is 9.47 Å². The van der Waals surface area contributed by atoms with Crippen LogP contribution < -0.4 is 0 Å². The molecule has 0 saturated carbocycles. The molecule has 1 unspecified atom stereocenters. The van der Waals surface area contributed by atoms with Gasteiger partial charge in [0.25, 0.3) is 0 Å². The van der Waals surface area contributed by atoms with Crippen LogP contribution >= 0.6 is 0 Å². The number of carbonyl (C=O) groups excluding carboxylic acids is 1. The predicted molar refractivity (Wildman–Crippen MR) is 74.5 cm³/mol. The molecule has 0 spiro atoms. The minimum atomic E-state index is -0.0999. The molecule has 0 aromatic rings. The van der Waals surface area contributed by atoms with Gasteiger partial charge in [-0.2, -0.15) is 0 Å². The molecule has 1 atom stereocenters. The van der Waals surface area contributed by atoms with Crippen molar-refractivity contribution in [2.45, 2.75) is 54.9 Å². The van der Waals surface area contributed by atoms with E-state index in [9.17, 15) is 4.79 Å². The molecule has 0 bridgehead atoms. The molecule has 0 N–H and O–H groups in total. The molecule has 0 saturated heterocycles. The largest absolute Gasteiger partial charge is 0.463 e. The number of hydrogen-bond donors (Lipinski definition) is 0. The van der Waals surface area contributed by atoms with Gasteiger partial charge in [0.15, 0.2) is 0 Å². The minimum absolute atomic E-state index is 0.0703. The maximum atomic E-state index is 12.2. The van der Waals surface area contributed by atoms with E-state index in [4.69, 9.17) is 9.47 Å². The van der Waals surface area contributed by atoms with E-state index in [1.165, 1.54) is 0 Å². The van der Waals surface area contributed by atoms with Crippen LogP contribution in [0.15, 0.2) is 0 Å². The zero-order valence-electron chi connectivity index (χ0n) is 13.1. The van der Waals surface area contributed by atoms with Crippen molar-refractivity contribution in [2.75, 3.05) is 19.8 Å². The molecule has 3 nitrogen and oxygen atoms in total. The zero-order chi connectivity index (χ0) is 14.4. The van der Waals surface area contributed by atoms with Crippen LogP contribution in [0.25, 0.3) is 0 Å². The van der Waals surface area contributed by atoms with Crippen LogP contribution in [0, 0.1) is 16.7 Å². The summed E-state index contributed by atoms with van der Waals surface area (Å²) < 4.78 is 10.5. The lowest BCUT2D eigenvalue weighted by molar-refractivity contribution is -0.155. The van der Waals surface area contributed by atoms with Crippen LogP contribution in [0.2, 0.25) is 0 Å². The maximum Gasteiger partial charge on any atom is 0.309 e. The molecular weight excluding hydrogens is 228 g/mol. The number of carbonyl (C=O) groups is 1. The molecule has 0 aromatic carbocycles. The van der Waals surface area contributed by atoms with Gasteiger partial charge in [0.05, 0.1) is 12.5 Å². The van der Waals surface area contributed by atoms with Crippen LogP contribution in [-0.2, 0) is 14.3 Å². The Kier molecular flexibility index (Phi) is 6.90. The Labute approximate surface area is 112 Å². The summed E-state index contributed by atoms with van der Waals surface area (Å²) >= 11 is 0. The van der Waals surface area contributed by atoms with Gasteiger partial charge >= 0.3 is 5.97 Å². The van der Waals surface area contributed by atoms with Gasteiger partial charge in [-0.1, -0.05) is 41.5 Å². The standard InChI is InChI=1S/C15H30O3/c1-8-17-9-10-18-13(16)12(15(5,6)7)11-14(2,3)4/h12H,8-11H2,1-7H3. The van der Waals surface area contributed by atoms with Crippen LogP contribution in [0.4, 0.5) is 0 Å². The van der Waals surface area contributed by atoms with Crippen LogP contribution in [0.3, 0.4) is 0 Å². The number of esters is 1. The van der Waals surface area contributed by atoms with Crippen LogP contribution in [0.1, 0.15) is 54.9 Å². The van der Waals surface area contributed by atoms with E-state index in [1.807, 2.05) is 6.92 Å². The monoisotopic (exact) mass is 258 g/mol. The van der Waals surface area contributed by atoms with E-state index in [0.717, 1.165) is 6.42 Å². The summed E-state index contributed by atoms with van der Waals surface area (Å²) in [4.78, 5) is 12.2. The molecule has 0 fully saturated rings. The fourth-order valence-electron chi connectivity index (χ4n) is 1.80. The highest BCUT2D eigenvalue weighted by atomic mass is 16.6. The molecule has 0 aliphatic heterocycles. The van der Waals surface area contributed by atoms with Gasteiger partial charge in [0.1, 0.15) is 6.61 Å². The predicted octanol–water partition coefficient (Wildman–Crippen LogP) is 3.66. The highest BCUT2D eigenvalue weighted by Gasteiger charge is 2.35. The van der Waals surface area contributed by atoms with Crippen molar-refractivity contribution < 1.29 is 14.3 Å². The van der Waals surface area contributed by atoms with Gasteiger partial charge in [-0.15, -0.1) is 0 Å². The number of hydrogen-bond acceptors (Lipinski definition) is 3. The van der Waals surface area contributed by atoms with Gasteiger partial charge in [0.2, 0.25) is 0 Å². The van der Waals surface area contributed by atoms with E-state index in [0.29, 0.717) is 19.8 Å². The van der Waals surface area contributed by atoms with E-state index in [-0.39, 0.29) is 22.7 Å². The number of rotatable bonds is 6. The Hall–Kier alpha value is -0.570. The molecule has 108 valence electrons. The van der Waals surface area contributed by atoms with Crippen molar-refractivity contribution in [3.63, 3.8) is 0 Å². The topological polar surface area (TPSA) is 35.5 Å². The Morgan fingerprint density at radius 2 is 1.61 bits per heavy atom. The summed E-state index contributed by atoms with van der Waals surface area (Å²) in [7, 11) is 0. The van der Waals surface area contributed by atoms with Crippen LogP contribution in [0.5, 0.6) is 0 Å². The fourth-order valence-corrected chi connectivity index (χ4v) is 1.80. The Morgan fingerprint density at radius 1 is 1.06 bits per heavy atom. The third-order valence-electron chi connectivity index (χ3n) is 2.82. The van der Waals surface area contributed by atoms with Crippen molar-refractivity contribution in [3.8, 4) is 0 Å². The maximum absolute atomic E-state index is 12.2. The summed E-state index contributed by atoms with van der Waals surface area (Å²) in [5.41, 5.74) is 0.0485. The lowest BCUT2D eigenvalue weighted by Crippen LogP contribution is -2.34. The summed E-state index contributed by atoms with van der Waals surface area (Å²) in [5.74, 6) is -0.170. The lowest BCUT2D eigenvalue weighted by atomic mass is 9.72. The minimum Gasteiger partial charge on any atom is -0.463 e. The smallest absolute Gasteiger partial charge is 0.309 e. The van der Waals surface area contributed by atoms with Crippen molar-refractivity contribution in [2.24, 2.45) is 16.7 Å². The Bertz CT molecular complexity index is 245. The normalized spacial score (nSPS) is 14.4. The summed E-state index contributed by atoms with van der Waals surface area (Å²) in [6.45, 7) is 16.1. The average molecular weight is 258 g/mol. The quantitative estimate of drug-likeness (QED) is 0.538. The summed E-state index contributed by atoms with van der Waals surface area (Å²) in [6.07, 6.45) is 0.837. The van der Waals surface area contributed by atoms with Crippen LogP contribution in [-0.4, -0.2) is 25.8 Å². The Morgan fingerprint density at radius 3 is 2.00 bits per heavy atom.